The van der Waals surface area contributed by atoms with Crippen molar-refractivity contribution in [2.45, 2.75) is 30.6 Å². The molecule has 0 fully saturated rings. The number of nitrogens with one attached hydrogen (secondary N) is 1. The van der Waals surface area contributed by atoms with Crippen molar-refractivity contribution < 1.29 is 22.7 Å². The summed E-state index contributed by atoms with van der Waals surface area (Å²) >= 11 is 7.29. The molecule has 0 bridgehead atoms. The van der Waals surface area contributed by atoms with Gasteiger partial charge >= 0.3 is 5.97 Å². The van der Waals surface area contributed by atoms with Crippen molar-refractivity contribution in [3.05, 3.63) is 58.6 Å². The zero-order chi connectivity index (χ0) is 23.2. The Bertz CT molecular complexity index is 1060. The smallest absolute Gasteiger partial charge is 0.316 e. The van der Waals surface area contributed by atoms with Crippen molar-refractivity contribution in [3.63, 3.8) is 0 Å². The van der Waals surface area contributed by atoms with E-state index in [0.29, 0.717) is 22.0 Å². The third-order valence-electron chi connectivity index (χ3n) is 4.30. The van der Waals surface area contributed by atoms with Crippen LogP contribution in [0.5, 0.6) is 0 Å². The Kier molecular flexibility index (Phi) is 8.93. The van der Waals surface area contributed by atoms with Gasteiger partial charge in [0.25, 0.3) is 5.91 Å². The van der Waals surface area contributed by atoms with Crippen LogP contribution in [-0.2, 0) is 30.1 Å². The lowest BCUT2D eigenvalue weighted by Gasteiger charge is -2.17. The third-order valence-corrected chi connectivity index (χ3v) is 7.32. The summed E-state index contributed by atoms with van der Waals surface area (Å²) in [6, 6.07) is 11.8. The van der Waals surface area contributed by atoms with E-state index in [1.54, 1.807) is 19.1 Å². The number of halogens is 1. The van der Waals surface area contributed by atoms with Crippen molar-refractivity contribution in [2.24, 2.45) is 0 Å². The summed E-state index contributed by atoms with van der Waals surface area (Å²) < 4.78 is 30.9. The Labute approximate surface area is 192 Å². The summed E-state index contributed by atoms with van der Waals surface area (Å²) in [5.74, 6) is -0.395. The van der Waals surface area contributed by atoms with E-state index in [2.05, 4.69) is 5.32 Å². The quantitative estimate of drug-likeness (QED) is 0.545. The molecular formula is C21H25ClN2O5S2. The van der Waals surface area contributed by atoms with Gasteiger partial charge in [-0.05, 0) is 49.2 Å². The van der Waals surface area contributed by atoms with Gasteiger partial charge in [-0.1, -0.05) is 29.8 Å². The van der Waals surface area contributed by atoms with Gasteiger partial charge in [0, 0.05) is 30.6 Å². The number of anilines is 1. The molecule has 0 saturated carbocycles. The molecule has 0 saturated heterocycles. The molecule has 0 aliphatic carbocycles. The number of benzene rings is 2. The second-order valence-electron chi connectivity index (χ2n) is 7.01. The molecule has 0 aliphatic rings. The molecule has 0 heterocycles. The Morgan fingerprint density at radius 3 is 2.55 bits per heavy atom. The Morgan fingerprint density at radius 2 is 1.90 bits per heavy atom. The van der Waals surface area contributed by atoms with Crippen molar-refractivity contribution >= 4 is 50.9 Å². The first-order valence-corrected chi connectivity index (χ1v) is 12.3. The largest absolute Gasteiger partial charge is 0.452 e. The number of carbonyl (C=O) groups is 2. The van der Waals surface area contributed by atoms with Gasteiger partial charge in [0.1, 0.15) is 0 Å². The number of sulfonamides is 1. The van der Waals surface area contributed by atoms with E-state index in [1.165, 1.54) is 44.9 Å². The first kappa shape index (κ1) is 25.2. The van der Waals surface area contributed by atoms with Crippen LogP contribution in [0.1, 0.15) is 18.1 Å². The van der Waals surface area contributed by atoms with E-state index in [4.69, 9.17) is 16.3 Å². The highest BCUT2D eigenvalue weighted by atomic mass is 35.5. The fourth-order valence-corrected chi connectivity index (χ4v) is 4.40. The second-order valence-corrected chi connectivity index (χ2v) is 10.6. The molecular weight excluding hydrogens is 460 g/mol. The first-order valence-electron chi connectivity index (χ1n) is 9.36. The van der Waals surface area contributed by atoms with E-state index < -0.39 is 28.0 Å². The molecule has 10 heteroatoms. The minimum atomic E-state index is -3.64. The second kappa shape index (κ2) is 11.0. The molecule has 0 aliphatic heterocycles. The van der Waals surface area contributed by atoms with Crippen molar-refractivity contribution in [3.8, 4) is 0 Å². The molecule has 31 heavy (non-hydrogen) atoms. The summed E-state index contributed by atoms with van der Waals surface area (Å²) in [4.78, 5) is 24.6. The van der Waals surface area contributed by atoms with E-state index in [0.717, 1.165) is 9.87 Å². The number of hydrogen-bond donors (Lipinski definition) is 1. The molecule has 0 radical (unpaired) electrons. The van der Waals surface area contributed by atoms with Gasteiger partial charge in [-0.3, -0.25) is 9.59 Å². The average molecular weight is 485 g/mol. The molecule has 1 amide bonds. The number of rotatable bonds is 9. The van der Waals surface area contributed by atoms with E-state index >= 15 is 0 Å². The number of nitrogens with zero attached hydrogens (tertiary/aromatic N) is 1. The lowest BCUT2D eigenvalue weighted by Crippen LogP contribution is -2.31. The van der Waals surface area contributed by atoms with Gasteiger partial charge < -0.3 is 10.1 Å². The van der Waals surface area contributed by atoms with Crippen LogP contribution >= 0.6 is 23.4 Å². The Balaban J connectivity index is 1.92. The van der Waals surface area contributed by atoms with Crippen LogP contribution < -0.4 is 5.32 Å². The van der Waals surface area contributed by atoms with Gasteiger partial charge in [-0.25, -0.2) is 12.7 Å². The molecule has 1 N–H and O–H groups in total. The minimum Gasteiger partial charge on any atom is -0.452 e. The number of carbonyl (C=O) groups excluding carboxylic acids is 2. The summed E-state index contributed by atoms with van der Waals surface area (Å²) in [5, 5.41) is 3.26. The molecule has 2 rings (SSSR count). The molecule has 2 aromatic carbocycles. The Morgan fingerprint density at radius 1 is 1.19 bits per heavy atom. The molecule has 7 nitrogen and oxygen atoms in total. The van der Waals surface area contributed by atoms with Crippen molar-refractivity contribution in [1.82, 2.24) is 4.31 Å². The number of esters is 1. The number of aryl methyl sites for hydroxylation is 1. The van der Waals surface area contributed by atoms with E-state index in [9.17, 15) is 18.0 Å². The molecule has 0 spiro atoms. The standard InChI is InChI=1S/C21H25ClN2O5S2/c1-14-8-9-18(31(27,28)24(3)4)11-19(14)23-21(26)15(2)29-20(25)13-30-12-16-6-5-7-17(22)10-16/h5-11,15H,12-13H2,1-4H3,(H,23,26). The normalized spacial score (nSPS) is 12.5. The lowest BCUT2D eigenvalue weighted by atomic mass is 10.2. The first-order chi connectivity index (χ1) is 14.5. The van der Waals surface area contributed by atoms with Gasteiger partial charge in [-0.15, -0.1) is 11.8 Å². The fraction of sp³-hybridized carbons (Fsp3) is 0.333. The SMILES string of the molecule is Cc1ccc(S(=O)(=O)N(C)C)cc1NC(=O)C(C)OC(=O)CSCc1cccc(Cl)c1. The van der Waals surface area contributed by atoms with Crippen LogP contribution in [0.3, 0.4) is 0 Å². The number of hydrogen-bond acceptors (Lipinski definition) is 6. The zero-order valence-corrected chi connectivity index (χ0v) is 20.1. The highest BCUT2D eigenvalue weighted by Gasteiger charge is 2.21. The third kappa shape index (κ3) is 7.24. The molecule has 168 valence electrons. The predicted molar refractivity (Wildman–Crippen MR) is 124 cm³/mol. The predicted octanol–water partition coefficient (Wildman–Crippen LogP) is 3.70. The average Bonchev–Trinajstić information content (AvgIpc) is 2.69. The van der Waals surface area contributed by atoms with Crippen LogP contribution in [0, 0.1) is 6.92 Å². The maximum absolute atomic E-state index is 12.5. The molecule has 1 unspecified atom stereocenters. The zero-order valence-electron chi connectivity index (χ0n) is 17.7. The molecule has 1 atom stereocenters. The van der Waals surface area contributed by atoms with Crippen LogP contribution in [0.25, 0.3) is 0 Å². The van der Waals surface area contributed by atoms with Gasteiger partial charge in [0.05, 0.1) is 10.6 Å². The monoisotopic (exact) mass is 484 g/mol. The number of amides is 1. The van der Waals surface area contributed by atoms with Gasteiger partial charge in [-0.2, -0.15) is 0 Å². The summed E-state index contributed by atoms with van der Waals surface area (Å²) in [5.41, 5.74) is 2.01. The van der Waals surface area contributed by atoms with Gasteiger partial charge in [0.2, 0.25) is 10.0 Å². The van der Waals surface area contributed by atoms with E-state index in [-0.39, 0.29) is 10.6 Å². The summed E-state index contributed by atoms with van der Waals surface area (Å²) in [6.07, 6.45) is -1.03. The van der Waals surface area contributed by atoms with Crippen LogP contribution in [-0.4, -0.2) is 50.6 Å². The van der Waals surface area contributed by atoms with Crippen molar-refractivity contribution in [1.29, 1.82) is 0 Å². The maximum atomic E-state index is 12.5. The van der Waals surface area contributed by atoms with Gasteiger partial charge in [0.15, 0.2) is 6.10 Å². The number of ether oxygens (including phenoxy) is 1. The van der Waals surface area contributed by atoms with Crippen LogP contribution in [0.4, 0.5) is 5.69 Å². The van der Waals surface area contributed by atoms with E-state index in [1.807, 2.05) is 18.2 Å². The number of thioether (sulfide) groups is 1. The van der Waals surface area contributed by atoms with Crippen molar-refractivity contribution in [2.75, 3.05) is 25.2 Å². The summed E-state index contributed by atoms with van der Waals surface area (Å²) in [6.45, 7) is 3.20. The molecule has 2 aromatic rings. The maximum Gasteiger partial charge on any atom is 0.316 e. The van der Waals surface area contributed by atoms with Crippen LogP contribution in [0.2, 0.25) is 5.02 Å². The lowest BCUT2D eigenvalue weighted by molar-refractivity contribution is -0.150. The fourth-order valence-electron chi connectivity index (χ4n) is 2.51. The topological polar surface area (TPSA) is 92.8 Å². The Hall–Kier alpha value is -2.07. The highest BCUT2D eigenvalue weighted by molar-refractivity contribution is 7.99. The molecule has 0 aromatic heterocycles. The minimum absolute atomic E-state index is 0.0560. The summed E-state index contributed by atoms with van der Waals surface area (Å²) in [7, 11) is -0.782. The van der Waals surface area contributed by atoms with Crippen LogP contribution in [0.15, 0.2) is 47.4 Å². The highest BCUT2D eigenvalue weighted by Crippen LogP contribution is 2.22.